The van der Waals surface area contributed by atoms with E-state index in [-0.39, 0.29) is 0 Å². The zero-order valence-electron chi connectivity index (χ0n) is 14.3. The van der Waals surface area contributed by atoms with Gasteiger partial charge in [0.25, 0.3) is 0 Å². The van der Waals surface area contributed by atoms with Crippen LogP contribution in [0.2, 0.25) is 0 Å². The second kappa shape index (κ2) is 6.40. The van der Waals surface area contributed by atoms with Crippen molar-refractivity contribution in [3.05, 3.63) is 48.5 Å². The molecule has 0 atom stereocenters. The fraction of sp³-hybridized carbons (Fsp3) is 0.455. The maximum atomic E-state index is 2.64. The van der Waals surface area contributed by atoms with Crippen LogP contribution in [0.25, 0.3) is 11.1 Å². The second-order valence-corrected chi connectivity index (χ2v) is 11.3. The topological polar surface area (TPSA) is 0 Å². The first-order chi connectivity index (χ1) is 11.3. The monoisotopic (exact) mass is 323 g/mol. The third-order valence-corrected chi connectivity index (χ3v) is 10.9. The smallest absolute Gasteiger partial charge is 0.0101 e. The summed E-state index contributed by atoms with van der Waals surface area (Å²) in [5, 5.41) is 3.37. The van der Waals surface area contributed by atoms with Crippen molar-refractivity contribution in [2.75, 3.05) is 6.66 Å². The molecule has 2 aliphatic rings. The predicted molar refractivity (Wildman–Crippen MR) is 105 cm³/mol. The second-order valence-electron chi connectivity index (χ2n) is 7.46. The van der Waals surface area contributed by atoms with Gasteiger partial charge < -0.3 is 0 Å². The van der Waals surface area contributed by atoms with Gasteiger partial charge in [-0.2, -0.15) is 0 Å². The molecule has 4 rings (SSSR count). The van der Waals surface area contributed by atoms with E-state index in [0.29, 0.717) is 0 Å². The Bertz CT molecular complexity index is 632. The maximum absolute atomic E-state index is 2.64. The van der Waals surface area contributed by atoms with Crippen molar-refractivity contribution in [1.29, 1.82) is 0 Å². The summed E-state index contributed by atoms with van der Waals surface area (Å²) < 4.78 is 0. The lowest BCUT2D eigenvalue weighted by Gasteiger charge is -2.39. The van der Waals surface area contributed by atoms with E-state index in [9.17, 15) is 0 Å². The lowest BCUT2D eigenvalue weighted by molar-refractivity contribution is 0.624. The first-order valence-corrected chi connectivity index (χ1v) is 11.7. The Morgan fingerprint density at radius 3 is 1.61 bits per heavy atom. The molecule has 1 radical (unpaired) electrons. The summed E-state index contributed by atoms with van der Waals surface area (Å²) in [6.07, 6.45) is 11.5. The number of fused-ring (bicyclic) bond motifs is 3. The van der Waals surface area contributed by atoms with Crippen LogP contribution in [-0.2, 0) is 0 Å². The molecule has 0 saturated heterocycles. The normalized spacial score (nSPS) is 20.9. The van der Waals surface area contributed by atoms with Crippen molar-refractivity contribution in [1.82, 2.24) is 0 Å². The molecule has 2 aromatic carbocycles. The van der Waals surface area contributed by atoms with Crippen molar-refractivity contribution >= 4 is 17.9 Å². The number of rotatable bonds is 1. The first kappa shape index (κ1) is 15.4. The molecule has 1 heterocycles. The van der Waals surface area contributed by atoms with Crippen LogP contribution >= 0.6 is 7.26 Å². The van der Waals surface area contributed by atoms with Crippen LogP contribution in [0.4, 0.5) is 0 Å². The summed E-state index contributed by atoms with van der Waals surface area (Å²) in [7, 11) is -1.24. The van der Waals surface area contributed by atoms with Crippen molar-refractivity contribution in [2.45, 2.75) is 57.0 Å². The van der Waals surface area contributed by atoms with Gasteiger partial charge in [0.05, 0.1) is 0 Å². The van der Waals surface area contributed by atoms with Gasteiger partial charge in [-0.25, -0.2) is 0 Å². The molecule has 1 aliphatic carbocycles. The van der Waals surface area contributed by atoms with Crippen LogP contribution < -0.4 is 10.6 Å². The lowest BCUT2D eigenvalue weighted by Crippen LogP contribution is -2.27. The molecule has 121 valence electrons. The van der Waals surface area contributed by atoms with Gasteiger partial charge in [0, 0.05) is 0 Å². The van der Waals surface area contributed by atoms with Crippen LogP contribution in [0.15, 0.2) is 48.5 Å². The third kappa shape index (κ3) is 2.56. The molecular formula is C22H28P. The highest BCUT2D eigenvalue weighted by molar-refractivity contribution is 7.90. The van der Waals surface area contributed by atoms with Gasteiger partial charge in [0.2, 0.25) is 0 Å². The van der Waals surface area contributed by atoms with Gasteiger partial charge in [-0.05, 0) is 46.9 Å². The Morgan fingerprint density at radius 1 is 0.652 bits per heavy atom. The van der Waals surface area contributed by atoms with E-state index in [1.54, 1.807) is 10.6 Å². The van der Waals surface area contributed by atoms with Gasteiger partial charge >= 0.3 is 0 Å². The molecule has 0 aromatic heterocycles. The van der Waals surface area contributed by atoms with Gasteiger partial charge in [-0.15, -0.1) is 0 Å². The predicted octanol–water partition coefficient (Wildman–Crippen LogP) is 5.77. The van der Waals surface area contributed by atoms with E-state index in [0.717, 1.165) is 5.66 Å². The van der Waals surface area contributed by atoms with Crippen molar-refractivity contribution in [3.63, 3.8) is 0 Å². The molecule has 0 amide bonds. The van der Waals surface area contributed by atoms with Crippen molar-refractivity contribution in [2.24, 2.45) is 0 Å². The minimum Gasteiger partial charge on any atom is -0.0687 e. The van der Waals surface area contributed by atoms with Crippen molar-refractivity contribution in [3.8, 4) is 11.1 Å². The summed E-state index contributed by atoms with van der Waals surface area (Å²) >= 11 is 0. The summed E-state index contributed by atoms with van der Waals surface area (Å²) in [5.41, 5.74) is 3.95. The minimum absolute atomic E-state index is 0.894. The van der Waals surface area contributed by atoms with Gasteiger partial charge in [0.1, 0.15) is 0 Å². The molecule has 0 bridgehead atoms. The van der Waals surface area contributed by atoms with Crippen LogP contribution in [0.3, 0.4) is 0 Å². The van der Waals surface area contributed by atoms with E-state index in [1.807, 2.05) is 0 Å². The van der Waals surface area contributed by atoms with Gasteiger partial charge in [-0.3, -0.25) is 0 Å². The van der Waals surface area contributed by atoms with Crippen LogP contribution in [0.1, 0.15) is 51.4 Å². The Labute approximate surface area is 141 Å². The quantitative estimate of drug-likeness (QED) is 0.585. The molecule has 23 heavy (non-hydrogen) atoms. The largest absolute Gasteiger partial charge is 0.0687 e. The molecule has 1 fully saturated rings. The fourth-order valence-corrected chi connectivity index (χ4v) is 9.49. The Morgan fingerprint density at radius 2 is 1.09 bits per heavy atom. The standard InChI is InChI=1S/C22H28P/c1-23(18-12-6-4-2-3-5-7-13-18)21-16-10-8-14-19(21)20-15-9-11-17-22(20)23/h8-11,14-18H,2-7,12-13H2,1H3. The average Bonchev–Trinajstić information content (AvgIpc) is 2.94. The summed E-state index contributed by atoms with van der Waals surface area (Å²) in [6.45, 7) is 2.64. The lowest BCUT2D eigenvalue weighted by atomic mass is 10.1. The molecule has 0 nitrogen and oxygen atoms in total. The van der Waals surface area contributed by atoms with Gasteiger partial charge in [-0.1, -0.05) is 94.3 Å². The molecule has 1 saturated carbocycles. The average molecular weight is 323 g/mol. The van der Waals surface area contributed by atoms with Crippen LogP contribution in [0, 0.1) is 0 Å². The Kier molecular flexibility index (Phi) is 4.29. The van der Waals surface area contributed by atoms with Crippen molar-refractivity contribution < 1.29 is 0 Å². The zero-order chi connectivity index (χ0) is 15.7. The highest BCUT2D eigenvalue weighted by Gasteiger charge is 2.42. The molecule has 2 aromatic rings. The highest BCUT2D eigenvalue weighted by atomic mass is 31.2. The highest BCUT2D eigenvalue weighted by Crippen LogP contribution is 2.66. The van der Waals surface area contributed by atoms with E-state index in [4.69, 9.17) is 0 Å². The van der Waals surface area contributed by atoms with E-state index >= 15 is 0 Å². The number of benzene rings is 2. The number of hydrogen-bond donors (Lipinski definition) is 0. The zero-order valence-corrected chi connectivity index (χ0v) is 15.2. The van der Waals surface area contributed by atoms with E-state index in [2.05, 4.69) is 55.2 Å². The molecule has 0 spiro atoms. The Balaban J connectivity index is 1.81. The molecule has 1 heteroatoms. The summed E-state index contributed by atoms with van der Waals surface area (Å²) in [5.74, 6) is 0. The fourth-order valence-electron chi connectivity index (χ4n) is 4.86. The van der Waals surface area contributed by atoms with E-state index in [1.165, 1.54) is 62.5 Å². The maximum Gasteiger partial charge on any atom is -0.0101 e. The Hall–Kier alpha value is -1.13. The molecule has 1 aliphatic heterocycles. The third-order valence-electron chi connectivity index (χ3n) is 6.15. The van der Waals surface area contributed by atoms with E-state index < -0.39 is 7.26 Å². The minimum atomic E-state index is -1.24. The summed E-state index contributed by atoms with van der Waals surface area (Å²) in [4.78, 5) is 0. The van der Waals surface area contributed by atoms with Gasteiger partial charge in [0.15, 0.2) is 0 Å². The molecule has 0 N–H and O–H groups in total. The number of hydrogen-bond acceptors (Lipinski definition) is 0. The van der Waals surface area contributed by atoms with Crippen LogP contribution in [-0.4, -0.2) is 12.3 Å². The SMILES string of the molecule is C[P]1(C2CCCCCCCC2)c2ccccc2-c2ccccc21. The molecular weight excluding hydrogens is 295 g/mol. The summed E-state index contributed by atoms with van der Waals surface area (Å²) in [6, 6.07) is 18.5. The molecule has 0 unspecified atom stereocenters. The first-order valence-electron chi connectivity index (χ1n) is 9.37. The van der Waals surface area contributed by atoms with Crippen LogP contribution in [0.5, 0.6) is 0 Å².